The van der Waals surface area contributed by atoms with Crippen LogP contribution < -0.4 is 9.75 Å². The molecule has 0 saturated heterocycles. The molecule has 186 valence electrons. The SMILES string of the molecule is Br.COc1ccc(C2=NN(c3nc(-c4ccc(C5CCCCC5)cc4)cs3)C(c3ccco3)C2)cc1. The van der Waals surface area contributed by atoms with Gasteiger partial charge in [-0.05, 0) is 66.3 Å². The van der Waals surface area contributed by atoms with Crippen LogP contribution in [-0.4, -0.2) is 17.8 Å². The monoisotopic (exact) mass is 563 g/mol. The first-order valence-corrected chi connectivity index (χ1v) is 13.3. The minimum absolute atomic E-state index is 0. The predicted octanol–water partition coefficient (Wildman–Crippen LogP) is 8.39. The Morgan fingerprint density at radius 2 is 1.69 bits per heavy atom. The average molecular weight is 565 g/mol. The number of methoxy groups -OCH3 is 1. The van der Waals surface area contributed by atoms with Gasteiger partial charge >= 0.3 is 0 Å². The fourth-order valence-electron chi connectivity index (χ4n) is 5.21. The van der Waals surface area contributed by atoms with Crippen LogP contribution in [0.3, 0.4) is 0 Å². The number of ether oxygens (including phenoxy) is 1. The minimum atomic E-state index is -0.0187. The molecule has 0 amide bonds. The molecule has 2 aromatic carbocycles. The molecule has 1 aliphatic carbocycles. The van der Waals surface area contributed by atoms with E-state index in [4.69, 9.17) is 19.2 Å². The number of rotatable bonds is 6. The first-order valence-electron chi connectivity index (χ1n) is 12.4. The molecule has 0 bridgehead atoms. The number of benzene rings is 2. The molecule has 0 N–H and O–H groups in total. The maximum Gasteiger partial charge on any atom is 0.207 e. The third kappa shape index (κ3) is 5.00. The molecule has 1 saturated carbocycles. The molecule has 3 heterocycles. The summed E-state index contributed by atoms with van der Waals surface area (Å²) in [4.78, 5) is 5.00. The number of nitrogens with zero attached hydrogens (tertiary/aromatic N) is 3. The van der Waals surface area contributed by atoms with Crippen LogP contribution in [0, 0.1) is 0 Å². The van der Waals surface area contributed by atoms with E-state index in [-0.39, 0.29) is 23.0 Å². The lowest BCUT2D eigenvalue weighted by atomic mass is 9.84. The van der Waals surface area contributed by atoms with E-state index in [1.165, 1.54) is 37.7 Å². The van der Waals surface area contributed by atoms with Crippen molar-refractivity contribution in [3.05, 3.63) is 89.2 Å². The summed E-state index contributed by atoms with van der Waals surface area (Å²) >= 11 is 1.62. The van der Waals surface area contributed by atoms with Gasteiger partial charge in [-0.1, -0.05) is 43.5 Å². The van der Waals surface area contributed by atoms with E-state index in [0.717, 1.165) is 45.6 Å². The van der Waals surface area contributed by atoms with Crippen LogP contribution in [0.5, 0.6) is 5.75 Å². The number of furan rings is 1. The molecule has 1 unspecified atom stereocenters. The van der Waals surface area contributed by atoms with Gasteiger partial charge in [0, 0.05) is 17.4 Å². The smallest absolute Gasteiger partial charge is 0.207 e. The van der Waals surface area contributed by atoms with E-state index in [0.29, 0.717) is 5.92 Å². The largest absolute Gasteiger partial charge is 0.497 e. The predicted molar refractivity (Wildman–Crippen MR) is 152 cm³/mol. The normalized spacial score (nSPS) is 18.1. The third-order valence-corrected chi connectivity index (χ3v) is 8.01. The van der Waals surface area contributed by atoms with Crippen molar-refractivity contribution in [3.63, 3.8) is 0 Å². The highest BCUT2D eigenvalue weighted by atomic mass is 79.9. The molecule has 6 rings (SSSR count). The molecular formula is C29H30BrN3O2S. The maximum atomic E-state index is 5.79. The van der Waals surface area contributed by atoms with Crippen LogP contribution in [0.2, 0.25) is 0 Å². The summed E-state index contributed by atoms with van der Waals surface area (Å²) in [6.45, 7) is 0. The fourth-order valence-corrected chi connectivity index (χ4v) is 6.04. The fraction of sp³-hybridized carbons (Fsp3) is 0.310. The minimum Gasteiger partial charge on any atom is -0.497 e. The van der Waals surface area contributed by atoms with Gasteiger partial charge < -0.3 is 9.15 Å². The molecular weight excluding hydrogens is 534 g/mol. The Labute approximate surface area is 226 Å². The topological polar surface area (TPSA) is 50.9 Å². The average Bonchev–Trinajstić information content (AvgIpc) is 3.70. The van der Waals surface area contributed by atoms with Gasteiger partial charge in [0.25, 0.3) is 0 Å². The highest BCUT2D eigenvalue weighted by Crippen LogP contribution is 2.40. The molecule has 0 spiro atoms. The number of thiazole rings is 1. The molecule has 2 aromatic heterocycles. The lowest BCUT2D eigenvalue weighted by molar-refractivity contribution is 0.415. The Balaban J connectivity index is 0.00000267. The van der Waals surface area contributed by atoms with Crippen LogP contribution in [0.4, 0.5) is 5.13 Å². The van der Waals surface area contributed by atoms with Gasteiger partial charge in [0.1, 0.15) is 17.6 Å². The number of halogens is 1. The number of aromatic nitrogens is 1. The Hall–Kier alpha value is -2.90. The van der Waals surface area contributed by atoms with Crippen LogP contribution in [0.25, 0.3) is 11.3 Å². The van der Waals surface area contributed by atoms with Crippen molar-refractivity contribution in [2.45, 2.75) is 50.5 Å². The molecule has 0 radical (unpaired) electrons. The summed E-state index contributed by atoms with van der Waals surface area (Å²) in [5, 5.41) is 10.0. The molecule has 7 heteroatoms. The van der Waals surface area contributed by atoms with Crippen molar-refractivity contribution in [1.82, 2.24) is 4.98 Å². The van der Waals surface area contributed by atoms with E-state index >= 15 is 0 Å². The highest BCUT2D eigenvalue weighted by Gasteiger charge is 2.33. The maximum absolute atomic E-state index is 5.79. The van der Waals surface area contributed by atoms with E-state index in [9.17, 15) is 0 Å². The molecule has 4 aromatic rings. The molecule has 1 fully saturated rings. The Morgan fingerprint density at radius 1 is 0.944 bits per heavy atom. The number of hydrazone groups is 1. The zero-order valence-corrected chi connectivity index (χ0v) is 22.8. The quantitative estimate of drug-likeness (QED) is 0.236. The number of hydrogen-bond donors (Lipinski definition) is 0. The van der Waals surface area contributed by atoms with E-state index in [2.05, 4.69) is 41.8 Å². The summed E-state index contributed by atoms with van der Waals surface area (Å²) in [5.41, 5.74) is 5.71. The van der Waals surface area contributed by atoms with Crippen molar-refractivity contribution in [2.24, 2.45) is 5.10 Å². The van der Waals surface area contributed by atoms with Crippen molar-refractivity contribution >= 4 is 39.2 Å². The van der Waals surface area contributed by atoms with E-state index < -0.39 is 0 Å². The molecule has 36 heavy (non-hydrogen) atoms. The Morgan fingerprint density at radius 3 is 2.39 bits per heavy atom. The molecule has 1 aliphatic heterocycles. The molecule has 2 aliphatic rings. The summed E-state index contributed by atoms with van der Waals surface area (Å²) in [5.74, 6) is 2.45. The zero-order valence-electron chi connectivity index (χ0n) is 20.3. The molecule has 1 atom stereocenters. The van der Waals surface area contributed by atoms with Gasteiger partial charge in [-0.15, -0.1) is 28.3 Å². The van der Waals surface area contributed by atoms with Crippen molar-refractivity contribution < 1.29 is 9.15 Å². The van der Waals surface area contributed by atoms with E-state index in [1.807, 2.05) is 29.3 Å². The first-order chi connectivity index (χ1) is 17.3. The zero-order chi connectivity index (χ0) is 23.6. The highest BCUT2D eigenvalue weighted by molar-refractivity contribution is 8.93. The summed E-state index contributed by atoms with van der Waals surface area (Å²) in [6.07, 6.45) is 9.20. The van der Waals surface area contributed by atoms with Crippen molar-refractivity contribution in [3.8, 4) is 17.0 Å². The first kappa shape index (κ1) is 24.8. The molecule has 5 nitrogen and oxygen atoms in total. The lowest BCUT2D eigenvalue weighted by Gasteiger charge is -2.22. The van der Waals surface area contributed by atoms with Gasteiger partial charge in [0.15, 0.2) is 0 Å². The Kier molecular flexibility index (Phi) is 7.58. The van der Waals surface area contributed by atoms with Crippen LogP contribution >= 0.6 is 28.3 Å². The summed E-state index contributed by atoms with van der Waals surface area (Å²) in [6, 6.07) is 21.0. The van der Waals surface area contributed by atoms with Crippen LogP contribution in [-0.2, 0) is 0 Å². The van der Waals surface area contributed by atoms with E-state index in [1.54, 1.807) is 24.7 Å². The van der Waals surface area contributed by atoms with Crippen molar-refractivity contribution in [1.29, 1.82) is 0 Å². The second-order valence-corrected chi connectivity index (χ2v) is 10.2. The standard InChI is InChI=1S/C29H29N3O2S.BrH/c1-33-24-15-13-22(14-16-24)25-18-27(28-8-5-17-34-28)32(31-25)29-30-26(19-35-29)23-11-9-21(10-12-23)20-6-3-2-4-7-20;/h5,8-17,19-20,27H,2-4,6-7,18H2,1H3;1H. The van der Waals surface area contributed by atoms with Gasteiger partial charge in [0.05, 0.1) is 24.8 Å². The number of anilines is 1. The van der Waals surface area contributed by atoms with Gasteiger partial charge in [-0.25, -0.2) is 9.99 Å². The van der Waals surface area contributed by atoms with Crippen LogP contribution in [0.15, 0.2) is 81.8 Å². The van der Waals surface area contributed by atoms with Crippen molar-refractivity contribution in [2.75, 3.05) is 12.1 Å². The number of hydrogen-bond acceptors (Lipinski definition) is 6. The lowest BCUT2D eigenvalue weighted by Crippen LogP contribution is -2.17. The van der Waals surface area contributed by atoms with Gasteiger partial charge in [-0.3, -0.25) is 0 Å². The van der Waals surface area contributed by atoms with Gasteiger partial charge in [-0.2, -0.15) is 5.10 Å². The Bertz CT molecular complexity index is 1290. The van der Waals surface area contributed by atoms with Gasteiger partial charge in [0.2, 0.25) is 5.13 Å². The second kappa shape index (κ2) is 11.0. The third-order valence-electron chi connectivity index (χ3n) is 7.18. The summed E-state index contributed by atoms with van der Waals surface area (Å²) < 4.78 is 11.1. The summed E-state index contributed by atoms with van der Waals surface area (Å²) in [7, 11) is 1.68. The second-order valence-electron chi connectivity index (χ2n) is 9.33. The van der Waals surface area contributed by atoms with Crippen LogP contribution in [0.1, 0.15) is 67.4 Å².